The maximum absolute atomic E-state index is 13.9. The predicted octanol–water partition coefficient (Wildman–Crippen LogP) is 5.85. The number of hydrogen-bond donors (Lipinski definition) is 1. The Hall–Kier alpha value is -2.89. The summed E-state index contributed by atoms with van der Waals surface area (Å²) in [5, 5.41) is 0.986. The number of rotatable bonds is 1. The van der Waals surface area contributed by atoms with Gasteiger partial charge in [-0.1, -0.05) is 18.2 Å². The number of para-hydroxylation sites is 1. The van der Waals surface area contributed by atoms with Crippen molar-refractivity contribution in [3.63, 3.8) is 0 Å². The Balaban J connectivity index is 1.98. The number of H-pyrrole nitrogens is 1. The molecule has 0 amide bonds. The van der Waals surface area contributed by atoms with Crippen molar-refractivity contribution in [3.8, 4) is 11.3 Å². The maximum Gasteiger partial charge on any atom is 0.418 e. The van der Waals surface area contributed by atoms with Crippen LogP contribution in [0.5, 0.6) is 0 Å². The highest BCUT2D eigenvalue weighted by atomic mass is 19.4. The Kier molecular flexibility index (Phi) is 3.32. The molecule has 2 aromatic heterocycles. The third-order valence-electron chi connectivity index (χ3n) is 4.26. The lowest BCUT2D eigenvalue weighted by Gasteiger charge is -2.10. The van der Waals surface area contributed by atoms with Crippen LogP contribution in [0.2, 0.25) is 0 Å². The van der Waals surface area contributed by atoms with Crippen LogP contribution in [0.15, 0.2) is 48.7 Å². The maximum atomic E-state index is 13.9. The molecule has 6 heteroatoms. The molecule has 0 aliphatic rings. The highest BCUT2D eigenvalue weighted by Crippen LogP contribution is 2.36. The van der Waals surface area contributed by atoms with E-state index in [0.717, 1.165) is 6.07 Å². The lowest BCUT2D eigenvalue weighted by atomic mass is 10.0. The molecule has 0 saturated heterocycles. The van der Waals surface area contributed by atoms with Gasteiger partial charge in [-0.3, -0.25) is 0 Å². The highest BCUT2D eigenvalue weighted by molar-refractivity contribution is 5.96. The molecule has 2 heterocycles. The monoisotopic (exact) mass is 344 g/mol. The molecular weight excluding hydrogens is 332 g/mol. The molecule has 0 spiro atoms. The summed E-state index contributed by atoms with van der Waals surface area (Å²) >= 11 is 0. The fraction of sp³-hybridized carbons (Fsp3) is 0.105. The molecule has 0 aliphatic carbocycles. The Morgan fingerprint density at radius 2 is 1.84 bits per heavy atom. The molecule has 0 unspecified atom stereocenters. The van der Waals surface area contributed by atoms with Crippen LogP contribution in [0.4, 0.5) is 17.6 Å². The van der Waals surface area contributed by atoms with Crippen LogP contribution in [0, 0.1) is 12.7 Å². The molecule has 0 radical (unpaired) electrons. The normalized spacial score (nSPS) is 12.2. The van der Waals surface area contributed by atoms with Crippen molar-refractivity contribution in [2.75, 3.05) is 0 Å². The van der Waals surface area contributed by atoms with Crippen molar-refractivity contribution in [1.82, 2.24) is 9.97 Å². The second kappa shape index (κ2) is 5.31. The number of fused-ring (bicyclic) bond motifs is 2. The fourth-order valence-electron chi connectivity index (χ4n) is 2.99. The summed E-state index contributed by atoms with van der Waals surface area (Å²) in [5.74, 6) is -0.370. The Morgan fingerprint density at radius 3 is 2.60 bits per heavy atom. The average Bonchev–Trinajstić information content (AvgIpc) is 2.96. The van der Waals surface area contributed by atoms with Gasteiger partial charge in [-0.15, -0.1) is 0 Å². The van der Waals surface area contributed by atoms with Crippen LogP contribution in [0.1, 0.15) is 11.1 Å². The van der Waals surface area contributed by atoms with E-state index in [1.165, 1.54) is 12.1 Å². The van der Waals surface area contributed by atoms with Gasteiger partial charge in [0.25, 0.3) is 0 Å². The number of hydrogen-bond acceptors (Lipinski definition) is 1. The number of alkyl halides is 3. The zero-order valence-corrected chi connectivity index (χ0v) is 13.1. The number of pyridine rings is 1. The second-order valence-corrected chi connectivity index (χ2v) is 5.92. The average molecular weight is 344 g/mol. The largest absolute Gasteiger partial charge is 0.418 e. The Morgan fingerprint density at radius 1 is 1.04 bits per heavy atom. The van der Waals surface area contributed by atoms with Gasteiger partial charge in [0.1, 0.15) is 5.82 Å². The first-order chi connectivity index (χ1) is 11.8. The second-order valence-electron chi connectivity index (χ2n) is 5.92. The molecule has 4 rings (SSSR count). The third-order valence-corrected chi connectivity index (χ3v) is 4.26. The topological polar surface area (TPSA) is 28.7 Å². The van der Waals surface area contributed by atoms with Crippen LogP contribution in [0.25, 0.3) is 33.1 Å². The van der Waals surface area contributed by atoms with Crippen LogP contribution >= 0.6 is 0 Å². The van der Waals surface area contributed by atoms with E-state index in [4.69, 9.17) is 0 Å². The van der Waals surface area contributed by atoms with E-state index in [0.29, 0.717) is 33.1 Å². The first-order valence-corrected chi connectivity index (χ1v) is 7.59. The van der Waals surface area contributed by atoms with Gasteiger partial charge in [0.05, 0.1) is 16.8 Å². The van der Waals surface area contributed by atoms with Gasteiger partial charge in [0.2, 0.25) is 0 Å². The molecule has 25 heavy (non-hydrogen) atoms. The van der Waals surface area contributed by atoms with Gasteiger partial charge in [-0.2, -0.15) is 13.2 Å². The zero-order valence-electron chi connectivity index (χ0n) is 13.1. The summed E-state index contributed by atoms with van der Waals surface area (Å²) < 4.78 is 53.7. The van der Waals surface area contributed by atoms with Gasteiger partial charge >= 0.3 is 6.18 Å². The molecule has 0 fully saturated rings. The van der Waals surface area contributed by atoms with E-state index in [1.807, 2.05) is 0 Å². The fourth-order valence-corrected chi connectivity index (χ4v) is 2.99. The summed E-state index contributed by atoms with van der Waals surface area (Å²) in [7, 11) is 0. The molecule has 4 aromatic rings. The summed E-state index contributed by atoms with van der Waals surface area (Å²) in [6.45, 7) is 1.65. The van der Waals surface area contributed by atoms with Gasteiger partial charge in [0, 0.05) is 28.0 Å². The lowest BCUT2D eigenvalue weighted by molar-refractivity contribution is -0.136. The minimum absolute atomic E-state index is 0.116. The standard InChI is InChI=1S/C19H12F4N2/c1-10-7-17-12(8-15(10)20)13(9-24-17)16-6-5-11-3-2-4-14(18(11)25-16)19(21,22)23/h2-9,24H,1H3. The number of halogens is 4. The van der Waals surface area contributed by atoms with E-state index in [9.17, 15) is 17.6 Å². The van der Waals surface area contributed by atoms with Crippen molar-refractivity contribution in [2.24, 2.45) is 0 Å². The summed E-state index contributed by atoms with van der Waals surface area (Å²) in [5.41, 5.74) is 1.22. The quantitative estimate of drug-likeness (QED) is 0.431. The van der Waals surface area contributed by atoms with Crippen molar-refractivity contribution in [1.29, 1.82) is 0 Å². The molecule has 0 aliphatic heterocycles. The number of nitrogens with zero attached hydrogens (tertiary/aromatic N) is 1. The minimum Gasteiger partial charge on any atom is -0.360 e. The van der Waals surface area contributed by atoms with Gasteiger partial charge in [-0.25, -0.2) is 9.37 Å². The molecule has 0 atom stereocenters. The Bertz CT molecular complexity index is 1110. The zero-order chi connectivity index (χ0) is 17.8. The number of aromatic amines is 1. The number of aromatic nitrogens is 2. The van der Waals surface area contributed by atoms with Crippen LogP contribution in [-0.2, 0) is 6.18 Å². The summed E-state index contributed by atoms with van der Waals surface area (Å²) in [4.78, 5) is 7.24. The molecule has 0 bridgehead atoms. The van der Waals surface area contributed by atoms with E-state index in [-0.39, 0.29) is 11.3 Å². The van der Waals surface area contributed by atoms with E-state index in [2.05, 4.69) is 9.97 Å². The first-order valence-electron chi connectivity index (χ1n) is 7.59. The number of benzene rings is 2. The molecular formula is C19H12F4N2. The molecule has 2 aromatic carbocycles. The SMILES string of the molecule is Cc1cc2[nH]cc(-c3ccc4cccc(C(F)(F)F)c4n3)c2cc1F. The molecule has 1 N–H and O–H groups in total. The van der Waals surface area contributed by atoms with E-state index < -0.39 is 11.7 Å². The van der Waals surface area contributed by atoms with Crippen molar-refractivity contribution >= 4 is 21.8 Å². The van der Waals surface area contributed by atoms with Crippen molar-refractivity contribution < 1.29 is 17.6 Å². The van der Waals surface area contributed by atoms with Crippen LogP contribution in [0.3, 0.4) is 0 Å². The van der Waals surface area contributed by atoms with E-state index >= 15 is 0 Å². The number of nitrogens with one attached hydrogen (secondary N) is 1. The van der Waals surface area contributed by atoms with Gasteiger partial charge in [0.15, 0.2) is 0 Å². The lowest BCUT2D eigenvalue weighted by Crippen LogP contribution is -2.06. The Labute approximate surface area is 140 Å². The van der Waals surface area contributed by atoms with Crippen molar-refractivity contribution in [2.45, 2.75) is 13.1 Å². The summed E-state index contributed by atoms with van der Waals surface area (Å²) in [6.07, 6.45) is -2.86. The smallest absolute Gasteiger partial charge is 0.360 e. The van der Waals surface area contributed by atoms with Gasteiger partial charge in [-0.05, 0) is 36.8 Å². The first kappa shape index (κ1) is 15.6. The third kappa shape index (κ3) is 2.54. The van der Waals surface area contributed by atoms with Crippen LogP contribution in [-0.4, -0.2) is 9.97 Å². The minimum atomic E-state index is -4.49. The van der Waals surface area contributed by atoms with Crippen LogP contribution < -0.4 is 0 Å². The molecule has 2 nitrogen and oxygen atoms in total. The highest BCUT2D eigenvalue weighted by Gasteiger charge is 2.33. The summed E-state index contributed by atoms with van der Waals surface area (Å²) in [6, 6.07) is 10.2. The number of aryl methyl sites for hydroxylation is 1. The van der Waals surface area contributed by atoms with Crippen molar-refractivity contribution in [3.05, 3.63) is 65.6 Å². The van der Waals surface area contributed by atoms with Gasteiger partial charge < -0.3 is 4.98 Å². The predicted molar refractivity (Wildman–Crippen MR) is 88.7 cm³/mol. The molecule has 126 valence electrons. The van der Waals surface area contributed by atoms with E-state index in [1.54, 1.807) is 37.4 Å². The molecule has 0 saturated carbocycles.